The van der Waals surface area contributed by atoms with Gasteiger partial charge in [0.25, 0.3) is 0 Å². The van der Waals surface area contributed by atoms with Gasteiger partial charge in [-0.25, -0.2) is 4.79 Å². The van der Waals surface area contributed by atoms with E-state index < -0.39 is 0 Å². The second-order valence-corrected chi connectivity index (χ2v) is 5.26. The summed E-state index contributed by atoms with van der Waals surface area (Å²) in [4.78, 5) is 11.7. The first kappa shape index (κ1) is 12.9. The largest absolute Gasteiger partial charge is 0.467 e. The molecule has 1 atom stereocenters. The van der Waals surface area contributed by atoms with E-state index in [0.29, 0.717) is 11.8 Å². The van der Waals surface area contributed by atoms with Crippen LogP contribution in [0.25, 0.3) is 0 Å². The molecule has 1 N–H and O–H groups in total. The van der Waals surface area contributed by atoms with Gasteiger partial charge in [0, 0.05) is 5.69 Å². The van der Waals surface area contributed by atoms with E-state index in [4.69, 9.17) is 4.74 Å². The van der Waals surface area contributed by atoms with Crippen LogP contribution in [0.15, 0.2) is 24.3 Å². The van der Waals surface area contributed by atoms with Crippen LogP contribution in [0.2, 0.25) is 0 Å². The Morgan fingerprint density at radius 1 is 1.28 bits per heavy atom. The highest BCUT2D eigenvalue weighted by atomic mass is 16.5. The highest BCUT2D eigenvalue weighted by molar-refractivity contribution is 5.80. The van der Waals surface area contributed by atoms with E-state index in [1.807, 2.05) is 12.1 Å². The standard InChI is InChI=1S/C15H21NO2/c1-10(2)11-6-8-13(9-7-11)16-14(12-4-5-12)15(17)18-3/h6-10,12,14,16H,4-5H2,1-3H3. The molecule has 0 aliphatic heterocycles. The molecule has 0 radical (unpaired) electrons. The summed E-state index contributed by atoms with van der Waals surface area (Å²) in [6.45, 7) is 4.34. The maximum atomic E-state index is 11.7. The summed E-state index contributed by atoms with van der Waals surface area (Å²) >= 11 is 0. The Morgan fingerprint density at radius 2 is 1.89 bits per heavy atom. The number of nitrogens with one attached hydrogen (secondary N) is 1. The molecule has 0 saturated heterocycles. The van der Waals surface area contributed by atoms with Crippen molar-refractivity contribution < 1.29 is 9.53 Å². The fourth-order valence-electron chi connectivity index (χ4n) is 2.07. The third kappa shape index (κ3) is 3.03. The van der Waals surface area contributed by atoms with Crippen LogP contribution in [0.1, 0.15) is 38.2 Å². The summed E-state index contributed by atoms with van der Waals surface area (Å²) in [6, 6.07) is 8.09. The van der Waals surface area contributed by atoms with E-state index in [1.54, 1.807) is 0 Å². The zero-order valence-corrected chi connectivity index (χ0v) is 11.3. The van der Waals surface area contributed by atoms with Crippen LogP contribution in [-0.2, 0) is 9.53 Å². The fraction of sp³-hybridized carbons (Fsp3) is 0.533. The van der Waals surface area contributed by atoms with Crippen LogP contribution >= 0.6 is 0 Å². The molecule has 0 bridgehead atoms. The molecular weight excluding hydrogens is 226 g/mol. The Morgan fingerprint density at radius 3 is 2.33 bits per heavy atom. The van der Waals surface area contributed by atoms with Gasteiger partial charge in [0.15, 0.2) is 0 Å². The van der Waals surface area contributed by atoms with Crippen molar-refractivity contribution in [3.05, 3.63) is 29.8 Å². The molecule has 3 heteroatoms. The molecule has 1 fully saturated rings. The second kappa shape index (κ2) is 5.42. The summed E-state index contributed by atoms with van der Waals surface area (Å²) in [7, 11) is 1.45. The van der Waals surface area contributed by atoms with Crippen molar-refractivity contribution in [1.82, 2.24) is 0 Å². The number of hydrogen-bond donors (Lipinski definition) is 1. The molecule has 1 aromatic carbocycles. The molecule has 1 saturated carbocycles. The van der Waals surface area contributed by atoms with Crippen LogP contribution in [0, 0.1) is 5.92 Å². The molecule has 1 aliphatic carbocycles. The van der Waals surface area contributed by atoms with Crippen molar-refractivity contribution >= 4 is 11.7 Å². The monoisotopic (exact) mass is 247 g/mol. The number of rotatable bonds is 5. The van der Waals surface area contributed by atoms with E-state index in [9.17, 15) is 4.79 Å². The summed E-state index contributed by atoms with van der Waals surface area (Å²) in [6.07, 6.45) is 2.22. The van der Waals surface area contributed by atoms with Crippen LogP contribution in [0.3, 0.4) is 0 Å². The zero-order chi connectivity index (χ0) is 13.1. The van der Waals surface area contributed by atoms with Gasteiger partial charge in [-0.1, -0.05) is 26.0 Å². The Hall–Kier alpha value is -1.51. The number of ether oxygens (including phenoxy) is 1. The van der Waals surface area contributed by atoms with Crippen LogP contribution in [0.5, 0.6) is 0 Å². The van der Waals surface area contributed by atoms with Gasteiger partial charge in [0.05, 0.1) is 7.11 Å². The summed E-state index contributed by atoms with van der Waals surface area (Å²) in [5.41, 5.74) is 2.29. The van der Waals surface area contributed by atoms with Crippen molar-refractivity contribution in [3.63, 3.8) is 0 Å². The molecule has 3 nitrogen and oxygen atoms in total. The lowest BCUT2D eigenvalue weighted by Crippen LogP contribution is -2.32. The molecule has 98 valence electrons. The molecule has 18 heavy (non-hydrogen) atoms. The molecule has 1 aromatic rings. The van der Waals surface area contributed by atoms with Gasteiger partial charge < -0.3 is 10.1 Å². The quantitative estimate of drug-likeness (QED) is 0.812. The molecular formula is C15H21NO2. The third-order valence-corrected chi connectivity index (χ3v) is 3.45. The van der Waals surface area contributed by atoms with E-state index in [0.717, 1.165) is 18.5 Å². The highest BCUT2D eigenvalue weighted by Gasteiger charge is 2.36. The summed E-state index contributed by atoms with van der Waals surface area (Å²) < 4.78 is 4.85. The third-order valence-electron chi connectivity index (χ3n) is 3.45. The molecule has 0 heterocycles. The Bertz CT molecular complexity index is 407. The molecule has 0 aromatic heterocycles. The number of carbonyl (C=O) groups excluding carboxylic acids is 1. The van der Waals surface area contributed by atoms with Crippen LogP contribution in [0.4, 0.5) is 5.69 Å². The maximum absolute atomic E-state index is 11.7. The first-order chi connectivity index (χ1) is 8.61. The van der Waals surface area contributed by atoms with E-state index in [1.165, 1.54) is 12.7 Å². The number of benzene rings is 1. The van der Waals surface area contributed by atoms with Gasteiger partial charge in [0.1, 0.15) is 6.04 Å². The Labute approximate surface area is 109 Å². The average Bonchev–Trinajstić information content (AvgIpc) is 3.20. The lowest BCUT2D eigenvalue weighted by molar-refractivity contribution is -0.142. The Kier molecular flexibility index (Phi) is 3.90. The lowest BCUT2D eigenvalue weighted by Gasteiger charge is -2.17. The average molecular weight is 247 g/mol. The normalized spacial score (nSPS) is 16.4. The van der Waals surface area contributed by atoms with E-state index in [-0.39, 0.29) is 12.0 Å². The van der Waals surface area contributed by atoms with E-state index in [2.05, 4.69) is 31.3 Å². The minimum atomic E-state index is -0.195. The highest BCUT2D eigenvalue weighted by Crippen LogP contribution is 2.35. The molecule has 0 amide bonds. The van der Waals surface area contributed by atoms with Gasteiger partial charge >= 0.3 is 5.97 Å². The topological polar surface area (TPSA) is 38.3 Å². The predicted molar refractivity (Wildman–Crippen MR) is 72.7 cm³/mol. The molecule has 1 aliphatic rings. The van der Waals surface area contributed by atoms with Crippen molar-refractivity contribution in [2.24, 2.45) is 5.92 Å². The lowest BCUT2D eigenvalue weighted by atomic mass is 10.0. The van der Waals surface area contributed by atoms with Gasteiger partial charge in [-0.05, 0) is 42.4 Å². The van der Waals surface area contributed by atoms with Crippen molar-refractivity contribution in [3.8, 4) is 0 Å². The van der Waals surface area contributed by atoms with Crippen LogP contribution < -0.4 is 5.32 Å². The van der Waals surface area contributed by atoms with Crippen molar-refractivity contribution in [1.29, 1.82) is 0 Å². The fourth-order valence-corrected chi connectivity index (χ4v) is 2.07. The van der Waals surface area contributed by atoms with Crippen molar-refractivity contribution in [2.75, 3.05) is 12.4 Å². The molecule has 2 rings (SSSR count). The SMILES string of the molecule is COC(=O)C(Nc1ccc(C(C)C)cc1)C1CC1. The van der Waals surface area contributed by atoms with Gasteiger partial charge in [-0.2, -0.15) is 0 Å². The van der Waals surface area contributed by atoms with E-state index >= 15 is 0 Å². The summed E-state index contributed by atoms with van der Waals surface area (Å²) in [5.74, 6) is 0.798. The number of anilines is 1. The van der Waals surface area contributed by atoms with Crippen molar-refractivity contribution in [2.45, 2.75) is 38.6 Å². The number of carbonyl (C=O) groups is 1. The first-order valence-corrected chi connectivity index (χ1v) is 6.56. The molecule has 1 unspecified atom stereocenters. The zero-order valence-electron chi connectivity index (χ0n) is 11.3. The minimum Gasteiger partial charge on any atom is -0.467 e. The maximum Gasteiger partial charge on any atom is 0.328 e. The Balaban J connectivity index is 2.04. The number of methoxy groups -OCH3 is 1. The number of esters is 1. The second-order valence-electron chi connectivity index (χ2n) is 5.26. The first-order valence-electron chi connectivity index (χ1n) is 6.56. The van der Waals surface area contributed by atoms with Gasteiger partial charge in [-0.3, -0.25) is 0 Å². The minimum absolute atomic E-state index is 0.162. The molecule has 0 spiro atoms. The number of hydrogen-bond acceptors (Lipinski definition) is 3. The van der Waals surface area contributed by atoms with Gasteiger partial charge in [0.2, 0.25) is 0 Å². The van der Waals surface area contributed by atoms with Crippen LogP contribution in [-0.4, -0.2) is 19.1 Å². The summed E-state index contributed by atoms with van der Waals surface area (Å²) in [5, 5.41) is 3.28. The smallest absolute Gasteiger partial charge is 0.328 e. The van der Waals surface area contributed by atoms with Gasteiger partial charge in [-0.15, -0.1) is 0 Å². The predicted octanol–water partition coefficient (Wildman–Crippen LogP) is 3.17.